The Morgan fingerprint density at radius 1 is 0.193 bits per heavy atom. The maximum Gasteiger partial charge on any atom is 0.159 e. The molecule has 19 aromatic rings. The van der Waals surface area contributed by atoms with Crippen LogP contribution in [-0.2, 0) is 0 Å². The second-order valence-electron chi connectivity index (χ2n) is 23.0. The number of fused-ring (bicyclic) bond motifs is 16. The number of benzene rings is 15. The first-order valence-electron chi connectivity index (χ1n) is 29.9. The molecule has 0 bridgehead atoms. The Balaban J connectivity index is 0.943. The van der Waals surface area contributed by atoms with Crippen molar-refractivity contribution < 1.29 is 17.7 Å². The molecule has 0 aliphatic carbocycles. The summed E-state index contributed by atoms with van der Waals surface area (Å²) in [4.78, 5) is 4.69. The topological polar surface area (TPSA) is 59.0 Å². The molecule has 0 saturated heterocycles. The monoisotopic (exact) mass is 1120 g/mol. The van der Waals surface area contributed by atoms with Crippen LogP contribution in [-0.4, -0.2) is 0 Å². The number of para-hydroxylation sites is 8. The number of rotatable bonds is 8. The molecule has 0 saturated carbocycles. The van der Waals surface area contributed by atoms with Crippen LogP contribution in [0.3, 0.4) is 0 Å². The van der Waals surface area contributed by atoms with Crippen molar-refractivity contribution in [2.45, 2.75) is 0 Å². The molecule has 0 aliphatic heterocycles. The summed E-state index contributed by atoms with van der Waals surface area (Å²) < 4.78 is 27.8. The van der Waals surface area contributed by atoms with Crippen LogP contribution in [0.5, 0.6) is 0 Å². The summed E-state index contributed by atoms with van der Waals surface area (Å²) in [6.45, 7) is 0. The van der Waals surface area contributed by atoms with Crippen LogP contribution < -0.4 is 9.80 Å². The largest absolute Gasteiger partial charge is 0.454 e. The van der Waals surface area contributed by atoms with Crippen LogP contribution in [0.4, 0.5) is 34.1 Å². The van der Waals surface area contributed by atoms with Gasteiger partial charge in [-0.2, -0.15) is 0 Å². The summed E-state index contributed by atoms with van der Waals surface area (Å²) in [5.74, 6) is 0. The van der Waals surface area contributed by atoms with E-state index < -0.39 is 0 Å². The van der Waals surface area contributed by atoms with Gasteiger partial charge in [0.05, 0.1) is 22.7 Å². The molecule has 0 atom stereocenters. The number of anilines is 6. The summed E-state index contributed by atoms with van der Waals surface area (Å²) in [6.07, 6.45) is 0. The first-order valence-corrected chi connectivity index (χ1v) is 29.9. The number of furan rings is 4. The minimum atomic E-state index is 0.788. The molecule has 6 nitrogen and oxygen atoms in total. The quantitative estimate of drug-likeness (QED) is 0.141. The van der Waals surface area contributed by atoms with Gasteiger partial charge in [-0.15, -0.1) is 0 Å². The third-order valence-corrected chi connectivity index (χ3v) is 18.2. The Bertz CT molecular complexity index is 5520. The van der Waals surface area contributed by atoms with E-state index in [4.69, 9.17) is 17.7 Å². The van der Waals surface area contributed by atoms with Gasteiger partial charge in [-0.05, 0) is 150 Å². The van der Waals surface area contributed by atoms with Gasteiger partial charge < -0.3 is 27.5 Å². The highest BCUT2D eigenvalue weighted by Crippen LogP contribution is 2.53. The average Bonchev–Trinajstić information content (AvgIpc) is 1.17. The molecule has 410 valence electrons. The Morgan fingerprint density at radius 3 is 0.830 bits per heavy atom. The van der Waals surface area contributed by atoms with E-state index in [1.807, 2.05) is 24.3 Å². The molecular weight excluding hydrogens is 1080 g/mol. The van der Waals surface area contributed by atoms with Gasteiger partial charge in [-0.3, -0.25) is 0 Å². The summed E-state index contributed by atoms with van der Waals surface area (Å²) in [7, 11) is 0. The average molecular weight is 1130 g/mol. The maximum atomic E-state index is 6.95. The van der Waals surface area contributed by atoms with Crippen LogP contribution >= 0.6 is 0 Å². The molecule has 0 aliphatic rings. The highest BCUT2D eigenvalue weighted by molar-refractivity contribution is 6.25. The predicted molar refractivity (Wildman–Crippen MR) is 366 cm³/mol. The summed E-state index contributed by atoms with van der Waals surface area (Å²) in [5, 5.41) is 17.4. The normalized spacial score (nSPS) is 12.1. The first-order chi connectivity index (χ1) is 43.6. The van der Waals surface area contributed by atoms with E-state index in [9.17, 15) is 0 Å². The van der Waals surface area contributed by atoms with Crippen molar-refractivity contribution in [2.24, 2.45) is 0 Å². The van der Waals surface area contributed by atoms with Crippen molar-refractivity contribution >= 4 is 165 Å². The zero-order valence-electron chi connectivity index (χ0n) is 47.2. The molecule has 6 heteroatoms. The lowest BCUT2D eigenvalue weighted by Gasteiger charge is -2.28. The fourth-order valence-electron chi connectivity index (χ4n) is 14.2. The van der Waals surface area contributed by atoms with Crippen LogP contribution in [0, 0.1) is 0 Å². The molecule has 0 spiro atoms. The van der Waals surface area contributed by atoms with Gasteiger partial charge in [0.2, 0.25) is 0 Å². The number of hydrogen-bond acceptors (Lipinski definition) is 6. The van der Waals surface area contributed by atoms with E-state index in [1.54, 1.807) is 0 Å². The maximum absolute atomic E-state index is 6.95. The fourth-order valence-corrected chi connectivity index (χ4v) is 14.2. The lowest BCUT2D eigenvalue weighted by Crippen LogP contribution is -2.11. The molecule has 0 unspecified atom stereocenters. The fraction of sp³-hybridized carbons (Fsp3) is 0. The standard InChI is InChI=1S/C82H48N2O4/c1-3-19-51-45-53(39-37-49(51)17-1)77-61-43-41-56(84(71-31-15-27-65-59-23-7-11-35-75(59)87-81(65)71)72-32-16-28-66-60-24-8-12-36-76(60)88-82(66)72)48-68(61)78(54-40-38-50-18-2-4-20-52(50)46-54)62-44-42-55(47-67(62)77)83(69-29-13-25-63-57-21-5-9-33-73(57)85-79(63)69)70-30-14-26-64-58-22-6-10-34-74(58)86-80(64)70/h1-48H. The number of nitrogens with zero attached hydrogens (tertiary/aromatic N) is 2. The Kier molecular flexibility index (Phi) is 10.4. The Labute approximate surface area is 503 Å². The second-order valence-corrected chi connectivity index (χ2v) is 23.0. The third kappa shape index (κ3) is 7.23. The van der Waals surface area contributed by atoms with E-state index >= 15 is 0 Å². The minimum absolute atomic E-state index is 0.788. The molecule has 19 rings (SSSR count). The molecule has 0 N–H and O–H groups in total. The van der Waals surface area contributed by atoms with Gasteiger partial charge in [0.15, 0.2) is 22.3 Å². The smallest absolute Gasteiger partial charge is 0.159 e. The summed E-state index contributed by atoms with van der Waals surface area (Å²) in [6, 6.07) is 104. The van der Waals surface area contributed by atoms with Crippen LogP contribution in [0.15, 0.2) is 309 Å². The van der Waals surface area contributed by atoms with Crippen molar-refractivity contribution in [3.63, 3.8) is 0 Å². The predicted octanol–water partition coefficient (Wildman–Crippen LogP) is 24.2. The van der Waals surface area contributed by atoms with Gasteiger partial charge >= 0.3 is 0 Å². The second kappa shape index (κ2) is 18.8. The van der Waals surface area contributed by atoms with Gasteiger partial charge in [-0.25, -0.2) is 0 Å². The lowest BCUT2D eigenvalue weighted by atomic mass is 9.84. The lowest BCUT2D eigenvalue weighted by molar-refractivity contribution is 0.665. The van der Waals surface area contributed by atoms with E-state index in [0.29, 0.717) is 0 Å². The Hall–Kier alpha value is -11.9. The van der Waals surface area contributed by atoms with Crippen molar-refractivity contribution in [1.29, 1.82) is 0 Å². The molecule has 0 amide bonds. The molecular formula is C82H48N2O4. The van der Waals surface area contributed by atoms with Crippen LogP contribution in [0.1, 0.15) is 0 Å². The van der Waals surface area contributed by atoms with Gasteiger partial charge in [-0.1, -0.05) is 206 Å². The van der Waals surface area contributed by atoms with Crippen LogP contribution in [0.2, 0.25) is 0 Å². The van der Waals surface area contributed by atoms with E-state index in [1.165, 1.54) is 10.8 Å². The third-order valence-electron chi connectivity index (χ3n) is 18.2. The Morgan fingerprint density at radius 2 is 0.489 bits per heavy atom. The van der Waals surface area contributed by atoms with Crippen molar-refractivity contribution in [2.75, 3.05) is 9.80 Å². The van der Waals surface area contributed by atoms with Gasteiger partial charge in [0.1, 0.15) is 22.3 Å². The zero-order valence-corrected chi connectivity index (χ0v) is 47.2. The van der Waals surface area contributed by atoms with Gasteiger partial charge in [0, 0.05) is 54.5 Å². The summed E-state index contributed by atoms with van der Waals surface area (Å²) in [5.41, 5.74) is 16.4. The molecule has 0 fully saturated rings. The summed E-state index contributed by atoms with van der Waals surface area (Å²) >= 11 is 0. The molecule has 0 radical (unpaired) electrons. The van der Waals surface area contributed by atoms with Crippen molar-refractivity contribution in [3.05, 3.63) is 291 Å². The SMILES string of the molecule is c1ccc2cc(-c3c4ccc(N(c5cccc6c5oc5ccccc56)c5cccc6c5oc5ccccc56)cc4c(-c4ccc5ccccc5c4)c4ccc(N(c5cccc6c5oc5ccccc56)c5cccc6c5oc5ccccc56)cc34)ccc2c1. The minimum Gasteiger partial charge on any atom is -0.454 e. The van der Waals surface area contributed by atoms with Crippen molar-refractivity contribution in [1.82, 2.24) is 0 Å². The molecule has 88 heavy (non-hydrogen) atoms. The molecule has 15 aromatic carbocycles. The van der Waals surface area contributed by atoms with Crippen LogP contribution in [0.25, 0.3) is 153 Å². The van der Waals surface area contributed by atoms with Crippen molar-refractivity contribution in [3.8, 4) is 22.3 Å². The van der Waals surface area contributed by atoms with E-state index in [-0.39, 0.29) is 0 Å². The highest BCUT2D eigenvalue weighted by atomic mass is 16.3. The van der Waals surface area contributed by atoms with Gasteiger partial charge in [0.25, 0.3) is 0 Å². The number of hydrogen-bond donors (Lipinski definition) is 0. The highest BCUT2D eigenvalue weighted by Gasteiger charge is 2.28. The first kappa shape index (κ1) is 48.5. The van der Waals surface area contributed by atoms with E-state index in [2.05, 4.69) is 277 Å². The van der Waals surface area contributed by atoms with E-state index in [0.717, 1.165) is 176 Å². The molecule has 4 aromatic heterocycles. The molecule has 4 heterocycles. The zero-order chi connectivity index (χ0) is 57.6.